The van der Waals surface area contributed by atoms with Gasteiger partial charge in [-0.1, -0.05) is 29.3 Å². The van der Waals surface area contributed by atoms with E-state index in [1.165, 1.54) is 12.8 Å². The fourth-order valence-corrected chi connectivity index (χ4v) is 1.79. The van der Waals surface area contributed by atoms with E-state index in [-0.39, 0.29) is 0 Å². The first-order valence-electron chi connectivity index (χ1n) is 5.57. The van der Waals surface area contributed by atoms with Crippen molar-refractivity contribution in [2.45, 2.75) is 25.3 Å². The van der Waals surface area contributed by atoms with Crippen molar-refractivity contribution in [3.05, 3.63) is 28.2 Å². The molecule has 2 rings (SSSR count). The maximum Gasteiger partial charge on any atom is 0.139 e. The molecule has 16 heavy (non-hydrogen) atoms. The van der Waals surface area contributed by atoms with Gasteiger partial charge in [-0.3, -0.25) is 0 Å². The lowest BCUT2D eigenvalue weighted by Crippen LogP contribution is -2.19. The highest BCUT2D eigenvalue weighted by molar-refractivity contribution is 6.42. The van der Waals surface area contributed by atoms with Crippen LogP contribution in [0.4, 0.5) is 0 Å². The number of hydrogen-bond acceptors (Lipinski definition) is 2. The van der Waals surface area contributed by atoms with Gasteiger partial charge in [0.25, 0.3) is 0 Å². The van der Waals surface area contributed by atoms with E-state index in [9.17, 15) is 0 Å². The summed E-state index contributed by atoms with van der Waals surface area (Å²) in [6.07, 6.45) is 3.63. The summed E-state index contributed by atoms with van der Waals surface area (Å²) in [5, 5.41) is 4.47. The summed E-state index contributed by atoms with van der Waals surface area (Å²) in [5.74, 6) is 0.667. The molecule has 0 atom stereocenters. The second kappa shape index (κ2) is 5.76. The molecular formula is C12H15Cl2NO. The van der Waals surface area contributed by atoms with Crippen molar-refractivity contribution in [3.8, 4) is 5.75 Å². The molecule has 0 radical (unpaired) electrons. The van der Waals surface area contributed by atoms with Crippen LogP contribution in [0, 0.1) is 0 Å². The molecule has 1 aromatic rings. The summed E-state index contributed by atoms with van der Waals surface area (Å²) in [4.78, 5) is 0. The van der Waals surface area contributed by atoms with Crippen LogP contribution in [0.15, 0.2) is 18.2 Å². The predicted molar refractivity (Wildman–Crippen MR) is 67.6 cm³/mol. The zero-order chi connectivity index (χ0) is 11.4. The fraction of sp³-hybridized carbons (Fsp3) is 0.500. The van der Waals surface area contributed by atoms with Gasteiger partial charge in [0.15, 0.2) is 0 Å². The molecule has 0 saturated heterocycles. The molecule has 2 nitrogen and oxygen atoms in total. The molecule has 0 heterocycles. The molecular weight excluding hydrogens is 245 g/mol. The quantitative estimate of drug-likeness (QED) is 0.790. The molecule has 0 bridgehead atoms. The minimum atomic E-state index is 0.499. The number of hydrogen-bond donors (Lipinski definition) is 1. The van der Waals surface area contributed by atoms with Crippen molar-refractivity contribution in [1.29, 1.82) is 0 Å². The van der Waals surface area contributed by atoms with E-state index in [1.54, 1.807) is 6.07 Å². The summed E-state index contributed by atoms with van der Waals surface area (Å²) in [7, 11) is 0. The highest BCUT2D eigenvalue weighted by Gasteiger charge is 2.19. The van der Waals surface area contributed by atoms with E-state index in [0.29, 0.717) is 22.4 Å². The van der Waals surface area contributed by atoms with Gasteiger partial charge in [0.1, 0.15) is 10.8 Å². The van der Waals surface area contributed by atoms with E-state index in [1.807, 2.05) is 12.1 Å². The summed E-state index contributed by atoms with van der Waals surface area (Å²) in [6, 6.07) is 6.19. The van der Waals surface area contributed by atoms with E-state index in [4.69, 9.17) is 27.9 Å². The maximum atomic E-state index is 5.99. The molecule has 4 heteroatoms. The maximum absolute atomic E-state index is 5.99. The summed E-state index contributed by atoms with van der Waals surface area (Å²) in [5.41, 5.74) is 0. The number of ether oxygens (including phenoxy) is 1. The van der Waals surface area contributed by atoms with Crippen molar-refractivity contribution >= 4 is 23.2 Å². The molecule has 1 N–H and O–H groups in total. The van der Waals surface area contributed by atoms with Gasteiger partial charge in [-0.2, -0.15) is 0 Å². The first-order valence-corrected chi connectivity index (χ1v) is 6.33. The van der Waals surface area contributed by atoms with Crippen LogP contribution in [0.1, 0.15) is 19.3 Å². The standard InChI is InChI=1S/C12H15Cl2NO/c13-10-3-1-4-11(12(10)14)16-8-2-7-15-9-5-6-9/h1,3-4,9,15H,2,5-8H2. The van der Waals surface area contributed by atoms with Crippen molar-refractivity contribution in [3.63, 3.8) is 0 Å². The molecule has 0 aliphatic heterocycles. The number of rotatable bonds is 6. The van der Waals surface area contributed by atoms with Crippen LogP contribution in [0.5, 0.6) is 5.75 Å². The minimum Gasteiger partial charge on any atom is -0.492 e. The van der Waals surface area contributed by atoms with E-state index < -0.39 is 0 Å². The van der Waals surface area contributed by atoms with Gasteiger partial charge in [0.05, 0.1) is 11.6 Å². The van der Waals surface area contributed by atoms with Gasteiger partial charge in [-0.25, -0.2) is 0 Å². The molecule has 1 fully saturated rings. The molecule has 1 aromatic carbocycles. The molecule has 0 amide bonds. The van der Waals surface area contributed by atoms with Crippen LogP contribution in [0.2, 0.25) is 10.0 Å². The lowest BCUT2D eigenvalue weighted by atomic mass is 10.3. The SMILES string of the molecule is Clc1cccc(OCCCNC2CC2)c1Cl. The van der Waals surface area contributed by atoms with Crippen molar-refractivity contribution in [1.82, 2.24) is 5.32 Å². The molecule has 0 aromatic heterocycles. The smallest absolute Gasteiger partial charge is 0.139 e. The normalized spacial score (nSPS) is 15.1. The van der Waals surface area contributed by atoms with Gasteiger partial charge in [0, 0.05) is 6.04 Å². The third-order valence-corrected chi connectivity index (χ3v) is 3.31. The van der Waals surface area contributed by atoms with Gasteiger partial charge in [-0.05, 0) is 37.9 Å². The second-order valence-corrected chi connectivity index (χ2v) is 4.77. The number of halogens is 2. The average Bonchev–Trinajstić information content (AvgIpc) is 3.07. The minimum absolute atomic E-state index is 0.499. The van der Waals surface area contributed by atoms with Crippen molar-refractivity contribution in [2.75, 3.05) is 13.2 Å². The zero-order valence-corrected chi connectivity index (χ0v) is 10.5. The third-order valence-electron chi connectivity index (χ3n) is 2.51. The molecule has 1 aliphatic carbocycles. The van der Waals surface area contributed by atoms with E-state index in [0.717, 1.165) is 19.0 Å². The Bertz CT molecular complexity index is 353. The highest BCUT2D eigenvalue weighted by Crippen LogP contribution is 2.31. The Balaban J connectivity index is 1.69. The number of benzene rings is 1. The Morgan fingerprint density at radius 1 is 1.31 bits per heavy atom. The molecule has 0 unspecified atom stereocenters. The molecule has 1 aliphatic rings. The van der Waals surface area contributed by atoms with Crippen LogP contribution >= 0.6 is 23.2 Å². The van der Waals surface area contributed by atoms with Gasteiger partial charge < -0.3 is 10.1 Å². The first kappa shape index (κ1) is 12.0. The van der Waals surface area contributed by atoms with Gasteiger partial charge in [0.2, 0.25) is 0 Å². The summed E-state index contributed by atoms with van der Waals surface area (Å²) >= 11 is 11.9. The van der Waals surface area contributed by atoms with Crippen LogP contribution in [0.3, 0.4) is 0 Å². The lowest BCUT2D eigenvalue weighted by molar-refractivity contribution is 0.308. The van der Waals surface area contributed by atoms with Gasteiger partial charge in [-0.15, -0.1) is 0 Å². The van der Waals surface area contributed by atoms with E-state index >= 15 is 0 Å². The first-order chi connectivity index (χ1) is 7.77. The van der Waals surface area contributed by atoms with Gasteiger partial charge >= 0.3 is 0 Å². The average molecular weight is 260 g/mol. The monoisotopic (exact) mass is 259 g/mol. The topological polar surface area (TPSA) is 21.3 Å². The van der Waals surface area contributed by atoms with Crippen molar-refractivity contribution in [2.24, 2.45) is 0 Å². The van der Waals surface area contributed by atoms with Crippen LogP contribution in [-0.2, 0) is 0 Å². The molecule has 0 spiro atoms. The fourth-order valence-electron chi connectivity index (χ4n) is 1.44. The zero-order valence-electron chi connectivity index (χ0n) is 9.01. The Kier molecular flexibility index (Phi) is 4.33. The second-order valence-electron chi connectivity index (χ2n) is 3.98. The number of nitrogens with one attached hydrogen (secondary N) is 1. The summed E-state index contributed by atoms with van der Waals surface area (Å²) in [6.45, 7) is 1.67. The Morgan fingerprint density at radius 2 is 2.12 bits per heavy atom. The summed E-state index contributed by atoms with van der Waals surface area (Å²) < 4.78 is 5.56. The third kappa shape index (κ3) is 3.55. The Hall–Kier alpha value is -0.440. The largest absolute Gasteiger partial charge is 0.492 e. The predicted octanol–water partition coefficient (Wildman–Crippen LogP) is 3.51. The highest BCUT2D eigenvalue weighted by atomic mass is 35.5. The Morgan fingerprint density at radius 3 is 2.88 bits per heavy atom. The molecule has 1 saturated carbocycles. The van der Waals surface area contributed by atoms with Crippen LogP contribution < -0.4 is 10.1 Å². The van der Waals surface area contributed by atoms with Crippen LogP contribution in [-0.4, -0.2) is 19.2 Å². The van der Waals surface area contributed by atoms with Crippen LogP contribution in [0.25, 0.3) is 0 Å². The Labute approximate surface area is 106 Å². The van der Waals surface area contributed by atoms with Crippen molar-refractivity contribution < 1.29 is 4.74 Å². The lowest BCUT2D eigenvalue weighted by Gasteiger charge is -2.08. The van der Waals surface area contributed by atoms with E-state index in [2.05, 4.69) is 5.32 Å². The molecule has 88 valence electrons.